The van der Waals surface area contributed by atoms with Gasteiger partial charge in [-0.3, -0.25) is 4.79 Å². The molecule has 1 atom stereocenters. The predicted molar refractivity (Wildman–Crippen MR) is 61.3 cm³/mol. The molecule has 1 rings (SSSR count). The van der Waals surface area contributed by atoms with Crippen molar-refractivity contribution in [2.75, 3.05) is 0 Å². The first-order valence-electron chi connectivity index (χ1n) is 5.34. The van der Waals surface area contributed by atoms with Gasteiger partial charge in [0.15, 0.2) is 23.3 Å². The van der Waals surface area contributed by atoms with Crippen LogP contribution in [0.4, 0.5) is 13.2 Å². The van der Waals surface area contributed by atoms with E-state index in [4.69, 9.17) is 10.9 Å². The molecule has 4 N–H and O–H groups in total. The summed E-state index contributed by atoms with van der Waals surface area (Å²) >= 11 is 0. The number of nitrogens with one attached hydrogen (secondary N) is 1. The van der Waals surface area contributed by atoms with E-state index in [1.54, 1.807) is 6.92 Å². The largest absolute Gasteiger partial charge is 0.409 e. The van der Waals surface area contributed by atoms with E-state index in [1.807, 2.05) is 0 Å². The van der Waals surface area contributed by atoms with Crippen molar-refractivity contribution in [2.45, 2.75) is 19.4 Å². The second-order valence-corrected chi connectivity index (χ2v) is 3.68. The third kappa shape index (κ3) is 3.15. The molecule has 1 amide bonds. The normalized spacial score (nSPS) is 13.2. The third-order valence-corrected chi connectivity index (χ3v) is 2.47. The van der Waals surface area contributed by atoms with Crippen molar-refractivity contribution >= 4 is 11.7 Å². The van der Waals surface area contributed by atoms with E-state index in [9.17, 15) is 18.0 Å². The van der Waals surface area contributed by atoms with E-state index in [0.717, 1.165) is 6.07 Å². The zero-order chi connectivity index (χ0) is 14.6. The van der Waals surface area contributed by atoms with E-state index in [1.165, 1.54) is 0 Å². The molecular formula is C11H12F3N3O2. The molecule has 0 saturated carbocycles. The Kier molecular flexibility index (Phi) is 4.74. The summed E-state index contributed by atoms with van der Waals surface area (Å²) in [6.07, 6.45) is 0.271. The Hall–Kier alpha value is -2.25. The summed E-state index contributed by atoms with van der Waals surface area (Å²) in [6.45, 7) is 1.63. The zero-order valence-corrected chi connectivity index (χ0v) is 9.95. The van der Waals surface area contributed by atoms with E-state index in [0.29, 0.717) is 6.07 Å². The molecule has 5 nitrogen and oxygen atoms in total. The number of hydrogen-bond donors (Lipinski definition) is 3. The van der Waals surface area contributed by atoms with E-state index in [2.05, 4.69) is 10.5 Å². The Balaban J connectivity index is 2.99. The monoisotopic (exact) mass is 275 g/mol. The summed E-state index contributed by atoms with van der Waals surface area (Å²) < 4.78 is 39.1. The van der Waals surface area contributed by atoms with Crippen molar-refractivity contribution in [1.29, 1.82) is 0 Å². The van der Waals surface area contributed by atoms with Crippen molar-refractivity contribution in [2.24, 2.45) is 10.9 Å². The maximum atomic E-state index is 13.4. The highest BCUT2D eigenvalue weighted by Crippen LogP contribution is 2.15. The standard InChI is InChI=1S/C11H12F3N3O2/c1-2-7(10(15)17-19)16-11(18)5-3-4-6(12)9(14)8(5)13/h3-4,7,19H,2H2,1H3,(H2,15,17)(H,16,18). The maximum absolute atomic E-state index is 13.4. The Morgan fingerprint density at radius 1 is 1.42 bits per heavy atom. The van der Waals surface area contributed by atoms with Gasteiger partial charge in [0.2, 0.25) is 0 Å². The molecule has 0 radical (unpaired) electrons. The van der Waals surface area contributed by atoms with Crippen molar-refractivity contribution in [3.05, 3.63) is 35.1 Å². The molecule has 0 aliphatic carbocycles. The molecule has 0 spiro atoms. The van der Waals surface area contributed by atoms with Crippen LogP contribution in [0.5, 0.6) is 0 Å². The van der Waals surface area contributed by atoms with Gasteiger partial charge in [-0.15, -0.1) is 0 Å². The molecule has 8 heteroatoms. The van der Waals surface area contributed by atoms with Crippen molar-refractivity contribution < 1.29 is 23.2 Å². The van der Waals surface area contributed by atoms with Gasteiger partial charge in [0.05, 0.1) is 11.6 Å². The Bertz CT molecular complexity index is 520. The number of halogens is 3. The van der Waals surface area contributed by atoms with Crippen LogP contribution in [0.1, 0.15) is 23.7 Å². The van der Waals surface area contributed by atoms with E-state index >= 15 is 0 Å². The van der Waals surface area contributed by atoms with E-state index in [-0.39, 0.29) is 12.3 Å². The molecule has 104 valence electrons. The summed E-state index contributed by atoms with van der Waals surface area (Å²) in [5, 5.41) is 13.4. The van der Waals surface area contributed by atoms with Crippen LogP contribution >= 0.6 is 0 Å². The summed E-state index contributed by atoms with van der Waals surface area (Å²) in [7, 11) is 0. The lowest BCUT2D eigenvalue weighted by Crippen LogP contribution is -2.44. The molecule has 0 aliphatic rings. The lowest BCUT2D eigenvalue weighted by molar-refractivity contribution is 0.0940. The van der Waals surface area contributed by atoms with Crippen LogP contribution < -0.4 is 11.1 Å². The van der Waals surface area contributed by atoms with Gasteiger partial charge in [0.25, 0.3) is 5.91 Å². The van der Waals surface area contributed by atoms with Gasteiger partial charge in [-0.2, -0.15) is 0 Å². The number of carbonyl (C=O) groups is 1. The fourth-order valence-corrected chi connectivity index (χ4v) is 1.39. The summed E-state index contributed by atoms with van der Waals surface area (Å²) in [6, 6.07) is 0.602. The summed E-state index contributed by atoms with van der Waals surface area (Å²) in [5.74, 6) is -5.98. The molecule has 0 saturated heterocycles. The first-order chi connectivity index (χ1) is 8.92. The molecule has 0 aromatic heterocycles. The average Bonchev–Trinajstić information content (AvgIpc) is 2.41. The molecule has 19 heavy (non-hydrogen) atoms. The minimum Gasteiger partial charge on any atom is -0.409 e. The Morgan fingerprint density at radius 3 is 2.58 bits per heavy atom. The topological polar surface area (TPSA) is 87.7 Å². The number of oxime groups is 1. The number of carbonyl (C=O) groups excluding carboxylic acids is 1. The molecule has 1 aromatic rings. The van der Waals surface area contributed by atoms with Gasteiger partial charge in [0, 0.05) is 0 Å². The van der Waals surface area contributed by atoms with Crippen molar-refractivity contribution in [3.8, 4) is 0 Å². The van der Waals surface area contributed by atoms with Crippen LogP contribution in [-0.4, -0.2) is 23.0 Å². The molecule has 0 bridgehead atoms. The first kappa shape index (κ1) is 14.8. The van der Waals surface area contributed by atoms with E-state index < -0.39 is 35.0 Å². The van der Waals surface area contributed by atoms with Crippen LogP contribution in [0.3, 0.4) is 0 Å². The number of amides is 1. The highest BCUT2D eigenvalue weighted by Gasteiger charge is 2.22. The second-order valence-electron chi connectivity index (χ2n) is 3.68. The number of nitrogens with zero attached hydrogens (tertiary/aromatic N) is 1. The number of hydrogen-bond acceptors (Lipinski definition) is 3. The molecule has 1 unspecified atom stereocenters. The van der Waals surface area contributed by atoms with Crippen molar-refractivity contribution in [3.63, 3.8) is 0 Å². The van der Waals surface area contributed by atoms with Crippen LogP contribution in [0, 0.1) is 17.5 Å². The van der Waals surface area contributed by atoms with Gasteiger partial charge in [0.1, 0.15) is 0 Å². The number of rotatable bonds is 4. The van der Waals surface area contributed by atoms with Crippen LogP contribution in [-0.2, 0) is 0 Å². The van der Waals surface area contributed by atoms with Gasteiger partial charge in [-0.25, -0.2) is 13.2 Å². The van der Waals surface area contributed by atoms with Gasteiger partial charge < -0.3 is 16.3 Å². The fourth-order valence-electron chi connectivity index (χ4n) is 1.39. The Morgan fingerprint density at radius 2 is 2.05 bits per heavy atom. The molecule has 0 fully saturated rings. The highest BCUT2D eigenvalue weighted by atomic mass is 19.2. The highest BCUT2D eigenvalue weighted by molar-refractivity contribution is 5.98. The second kappa shape index (κ2) is 6.07. The number of benzene rings is 1. The first-order valence-corrected chi connectivity index (χ1v) is 5.34. The molecule has 1 aromatic carbocycles. The number of amidine groups is 1. The zero-order valence-electron chi connectivity index (χ0n) is 9.95. The average molecular weight is 275 g/mol. The van der Waals surface area contributed by atoms with Crippen molar-refractivity contribution in [1.82, 2.24) is 5.32 Å². The lowest BCUT2D eigenvalue weighted by Gasteiger charge is -2.15. The third-order valence-electron chi connectivity index (χ3n) is 2.47. The SMILES string of the molecule is CCC(NC(=O)c1ccc(F)c(F)c1F)C(N)=NO. The minimum atomic E-state index is -1.73. The summed E-state index contributed by atoms with van der Waals surface area (Å²) in [4.78, 5) is 11.7. The van der Waals surface area contributed by atoms with Gasteiger partial charge >= 0.3 is 0 Å². The lowest BCUT2D eigenvalue weighted by atomic mass is 10.1. The van der Waals surface area contributed by atoms with Gasteiger partial charge in [-0.05, 0) is 18.6 Å². The van der Waals surface area contributed by atoms with Crippen LogP contribution in [0.25, 0.3) is 0 Å². The fraction of sp³-hybridized carbons (Fsp3) is 0.273. The summed E-state index contributed by atoms with van der Waals surface area (Å²) in [5.41, 5.74) is 4.64. The van der Waals surface area contributed by atoms with Crippen LogP contribution in [0.2, 0.25) is 0 Å². The number of nitrogens with two attached hydrogens (primary N) is 1. The minimum absolute atomic E-state index is 0.271. The maximum Gasteiger partial charge on any atom is 0.254 e. The quantitative estimate of drug-likeness (QED) is 0.255. The molecule has 0 heterocycles. The smallest absolute Gasteiger partial charge is 0.254 e. The molecular weight excluding hydrogens is 263 g/mol. The van der Waals surface area contributed by atoms with Gasteiger partial charge in [-0.1, -0.05) is 12.1 Å². The van der Waals surface area contributed by atoms with Crippen LogP contribution in [0.15, 0.2) is 17.3 Å². The predicted octanol–water partition coefficient (Wildman–Crippen LogP) is 1.36. The Labute approximate surface area is 106 Å². The molecule has 0 aliphatic heterocycles.